The summed E-state index contributed by atoms with van der Waals surface area (Å²) in [6.07, 6.45) is 7.17. The van der Waals surface area contributed by atoms with Gasteiger partial charge in [-0.25, -0.2) is 4.98 Å². The molecule has 3 aromatic carbocycles. The first-order chi connectivity index (χ1) is 24.2. The van der Waals surface area contributed by atoms with Crippen LogP contribution in [0.4, 0.5) is 0 Å². The van der Waals surface area contributed by atoms with Gasteiger partial charge in [-0.1, -0.05) is 83.5 Å². The van der Waals surface area contributed by atoms with Crippen molar-refractivity contribution in [2.45, 2.75) is 130 Å². The molecule has 1 aliphatic rings. The Morgan fingerprint density at radius 3 is 2.14 bits per heavy atom. The summed E-state index contributed by atoms with van der Waals surface area (Å²) in [7, 11) is -1.86. The summed E-state index contributed by atoms with van der Waals surface area (Å²) in [6.45, 7) is 20.4. The Hall–Kier alpha value is -3.99. The van der Waals surface area contributed by atoms with Crippen molar-refractivity contribution in [3.05, 3.63) is 111 Å². The lowest BCUT2D eigenvalue weighted by Crippen LogP contribution is -2.51. The maximum absolute atomic E-state index is 14.3. The van der Waals surface area contributed by atoms with Gasteiger partial charge in [-0.15, -0.1) is 0 Å². The summed E-state index contributed by atoms with van der Waals surface area (Å²) >= 11 is 0. The second-order valence-electron chi connectivity index (χ2n) is 16.3. The predicted molar refractivity (Wildman–Crippen MR) is 211 cm³/mol. The number of nitriles is 1. The predicted octanol–water partition coefficient (Wildman–Crippen LogP) is 10.6. The first-order valence-electron chi connectivity index (χ1n) is 18.9. The number of benzene rings is 3. The van der Waals surface area contributed by atoms with Gasteiger partial charge in [-0.05, 0) is 117 Å². The zero-order valence-corrected chi connectivity index (χ0v) is 33.3. The van der Waals surface area contributed by atoms with Gasteiger partial charge >= 0.3 is 0 Å². The Morgan fingerprint density at radius 2 is 1.55 bits per heavy atom. The summed E-state index contributed by atoms with van der Waals surface area (Å²) in [5, 5.41) is 9.76. The van der Waals surface area contributed by atoms with Gasteiger partial charge in [0, 0.05) is 18.4 Å². The molecule has 5 rings (SSSR count). The van der Waals surface area contributed by atoms with E-state index in [2.05, 4.69) is 79.8 Å². The summed E-state index contributed by atoms with van der Waals surface area (Å²) < 4.78 is 15.2. The monoisotopic (exact) mass is 703 g/mol. The maximum atomic E-state index is 14.3. The van der Waals surface area contributed by atoms with Crippen LogP contribution in [0.15, 0.2) is 77.6 Å². The molecule has 51 heavy (non-hydrogen) atoms. The SMILES string of the molecule is CCCc1nc(CC)n(-c2ccc(O[C@H]3CC[C@H](C(C)(C)O[Si](C)(C)C(C)(C)C)CC3)cc2)c(=O)c1Cc1ccc(-c2ccccc2C#N)cc1. The number of rotatable bonds is 12. The van der Waals surface area contributed by atoms with Gasteiger partial charge in [-0.2, -0.15) is 5.26 Å². The van der Waals surface area contributed by atoms with Gasteiger partial charge < -0.3 is 9.16 Å². The van der Waals surface area contributed by atoms with E-state index in [1.165, 1.54) is 0 Å². The molecule has 6 nitrogen and oxygen atoms in total. The van der Waals surface area contributed by atoms with Crippen LogP contribution >= 0.6 is 0 Å². The molecule has 0 spiro atoms. The minimum absolute atomic E-state index is 0.0151. The highest BCUT2D eigenvalue weighted by molar-refractivity contribution is 6.74. The van der Waals surface area contributed by atoms with Gasteiger partial charge in [0.1, 0.15) is 11.6 Å². The highest BCUT2D eigenvalue weighted by Gasteiger charge is 2.44. The van der Waals surface area contributed by atoms with E-state index in [0.29, 0.717) is 24.3 Å². The molecule has 4 aromatic rings. The van der Waals surface area contributed by atoms with E-state index in [-0.39, 0.29) is 22.3 Å². The summed E-state index contributed by atoms with van der Waals surface area (Å²) in [4.78, 5) is 19.4. The lowest BCUT2D eigenvalue weighted by atomic mass is 9.78. The fourth-order valence-corrected chi connectivity index (χ4v) is 9.04. The van der Waals surface area contributed by atoms with Crippen molar-refractivity contribution in [1.82, 2.24) is 9.55 Å². The Bertz CT molecular complexity index is 1890. The van der Waals surface area contributed by atoms with E-state index in [4.69, 9.17) is 14.1 Å². The summed E-state index contributed by atoms with van der Waals surface area (Å²) in [6, 6.07) is 26.1. The van der Waals surface area contributed by atoms with Crippen molar-refractivity contribution in [3.63, 3.8) is 0 Å². The number of hydrogen-bond acceptors (Lipinski definition) is 5. The molecular formula is C44H57N3O3Si. The maximum Gasteiger partial charge on any atom is 0.261 e. The number of nitrogens with zero attached hydrogens (tertiary/aromatic N) is 3. The van der Waals surface area contributed by atoms with Gasteiger partial charge in [0.2, 0.25) is 0 Å². The standard InChI is InChI=1S/C44H57N3O3Si/c1-10-14-40-39(29-31-17-19-32(20-18-31)38-16-13-12-15-33(38)30-45)42(48)47(41(11-2)46-40)35-23-27-37(28-24-35)49-36-25-21-34(22-26-36)44(6,7)50-51(8,9)43(3,4)5/h12-13,15-20,23-24,27-28,34,36H,10-11,14,21-22,25-26,29H2,1-9H3/t34-,36-. The number of ether oxygens (including phenoxy) is 1. The van der Waals surface area contributed by atoms with Gasteiger partial charge in [-0.3, -0.25) is 9.36 Å². The van der Waals surface area contributed by atoms with Crippen LogP contribution in [0.1, 0.15) is 109 Å². The Morgan fingerprint density at radius 1 is 0.902 bits per heavy atom. The zero-order valence-electron chi connectivity index (χ0n) is 32.3. The molecule has 0 radical (unpaired) electrons. The van der Waals surface area contributed by atoms with Crippen molar-refractivity contribution in [3.8, 4) is 28.6 Å². The molecular weight excluding hydrogens is 647 g/mol. The van der Waals surface area contributed by atoms with Gasteiger partial charge in [0.25, 0.3) is 5.56 Å². The third-order valence-electron chi connectivity index (χ3n) is 11.2. The Balaban J connectivity index is 1.31. The molecule has 0 bridgehead atoms. The number of aromatic nitrogens is 2. The normalized spacial score (nSPS) is 16.9. The Labute approximate surface area is 307 Å². The number of aryl methyl sites for hydroxylation is 2. The third-order valence-corrected chi connectivity index (χ3v) is 15.9. The molecule has 1 saturated carbocycles. The smallest absolute Gasteiger partial charge is 0.261 e. The van der Waals surface area contributed by atoms with Crippen LogP contribution in [0.3, 0.4) is 0 Å². The molecule has 0 unspecified atom stereocenters. The van der Waals surface area contributed by atoms with E-state index >= 15 is 0 Å². The highest BCUT2D eigenvalue weighted by atomic mass is 28.4. The molecule has 7 heteroatoms. The summed E-state index contributed by atoms with van der Waals surface area (Å²) in [5.74, 6) is 2.12. The molecule has 0 saturated heterocycles. The van der Waals surface area contributed by atoms with E-state index in [1.807, 2.05) is 60.7 Å². The van der Waals surface area contributed by atoms with Gasteiger partial charge in [0.05, 0.1) is 34.7 Å². The second kappa shape index (κ2) is 15.7. The lowest BCUT2D eigenvalue weighted by molar-refractivity contribution is -0.00501. The lowest BCUT2D eigenvalue weighted by Gasteiger charge is -2.47. The minimum atomic E-state index is -1.86. The minimum Gasteiger partial charge on any atom is -0.490 e. The van der Waals surface area contributed by atoms with Crippen LogP contribution in [-0.4, -0.2) is 29.6 Å². The average Bonchev–Trinajstić information content (AvgIpc) is 3.10. The molecule has 0 atom stereocenters. The van der Waals surface area contributed by atoms with Crippen LogP contribution in [-0.2, 0) is 23.7 Å². The largest absolute Gasteiger partial charge is 0.490 e. The molecule has 0 aliphatic heterocycles. The van der Waals surface area contributed by atoms with Crippen molar-refractivity contribution in [2.75, 3.05) is 0 Å². The fraction of sp³-hybridized carbons (Fsp3) is 0.477. The van der Waals surface area contributed by atoms with Crippen molar-refractivity contribution in [2.24, 2.45) is 5.92 Å². The van der Waals surface area contributed by atoms with Crippen LogP contribution in [0, 0.1) is 17.2 Å². The van der Waals surface area contributed by atoms with E-state index in [1.54, 1.807) is 4.57 Å². The van der Waals surface area contributed by atoms with Crippen LogP contribution in [0.25, 0.3) is 16.8 Å². The Kier molecular flexibility index (Phi) is 11.8. The van der Waals surface area contributed by atoms with E-state index < -0.39 is 8.32 Å². The van der Waals surface area contributed by atoms with Crippen molar-refractivity contribution < 1.29 is 9.16 Å². The molecule has 0 amide bonds. The van der Waals surface area contributed by atoms with Crippen LogP contribution < -0.4 is 10.3 Å². The van der Waals surface area contributed by atoms with E-state index in [9.17, 15) is 10.1 Å². The van der Waals surface area contributed by atoms with Crippen LogP contribution in [0.5, 0.6) is 5.75 Å². The van der Waals surface area contributed by atoms with Crippen molar-refractivity contribution >= 4 is 8.32 Å². The second-order valence-corrected chi connectivity index (χ2v) is 21.0. The molecule has 0 N–H and O–H groups in total. The average molecular weight is 704 g/mol. The summed E-state index contributed by atoms with van der Waals surface area (Å²) in [5.41, 5.74) is 5.83. The fourth-order valence-electron chi connectivity index (χ4n) is 7.25. The molecule has 1 aliphatic carbocycles. The van der Waals surface area contributed by atoms with E-state index in [0.717, 1.165) is 83.7 Å². The number of hydrogen-bond donors (Lipinski definition) is 0. The quantitative estimate of drug-likeness (QED) is 0.137. The molecule has 1 aromatic heterocycles. The van der Waals surface area contributed by atoms with Crippen LogP contribution in [0.2, 0.25) is 18.1 Å². The molecule has 1 heterocycles. The molecule has 1 fully saturated rings. The first kappa shape index (κ1) is 38.2. The van der Waals surface area contributed by atoms with Crippen molar-refractivity contribution in [1.29, 1.82) is 5.26 Å². The topological polar surface area (TPSA) is 77.1 Å². The zero-order chi connectivity index (χ0) is 37.0. The highest BCUT2D eigenvalue weighted by Crippen LogP contribution is 2.44. The van der Waals surface area contributed by atoms with Gasteiger partial charge in [0.15, 0.2) is 8.32 Å². The third kappa shape index (κ3) is 8.73. The molecule has 270 valence electrons. The first-order valence-corrected chi connectivity index (χ1v) is 21.8.